The number of hydrogen-bond donors (Lipinski definition) is 2. The number of carbonyl (C=O) groups is 2. The Morgan fingerprint density at radius 2 is 1.89 bits per heavy atom. The number of alkyl halides is 3. The lowest BCUT2D eigenvalue weighted by atomic mass is 10.0. The summed E-state index contributed by atoms with van der Waals surface area (Å²) in [6, 6.07) is 0.639. The zero-order valence-electron chi connectivity index (χ0n) is 9.85. The van der Waals surface area contributed by atoms with Gasteiger partial charge >= 0.3 is 12.1 Å². The van der Waals surface area contributed by atoms with E-state index in [1.807, 2.05) is 0 Å². The van der Waals surface area contributed by atoms with Gasteiger partial charge < -0.3 is 10.4 Å². The molecule has 0 aliphatic carbocycles. The topological polar surface area (TPSA) is 66.4 Å². The number of rotatable bonds is 2. The lowest BCUT2D eigenvalue weighted by Crippen LogP contribution is -2.17. The van der Waals surface area contributed by atoms with Crippen LogP contribution in [-0.2, 0) is 11.0 Å². The normalized spacial score (nSPS) is 11.3. The molecule has 8 heteroatoms. The van der Waals surface area contributed by atoms with Gasteiger partial charge in [-0.3, -0.25) is 4.79 Å². The van der Waals surface area contributed by atoms with Crippen molar-refractivity contribution >= 4 is 40.2 Å². The second-order valence-corrected chi connectivity index (χ2v) is 4.85. The number of amides is 1. The summed E-state index contributed by atoms with van der Waals surface area (Å²) in [6.07, 6.45) is -4.62. The van der Waals surface area contributed by atoms with Gasteiger partial charge in [0.1, 0.15) is 0 Å². The average molecular weight is 387 g/mol. The summed E-state index contributed by atoms with van der Waals surface area (Å²) < 4.78 is 38.2. The fourth-order valence-corrected chi connectivity index (χ4v) is 2.29. The third-order valence-electron chi connectivity index (χ3n) is 2.33. The largest absolute Gasteiger partial charge is 0.478 e. The molecule has 0 fully saturated rings. The lowest BCUT2D eigenvalue weighted by Gasteiger charge is -2.17. The van der Waals surface area contributed by atoms with E-state index in [1.54, 1.807) is 0 Å². The molecule has 0 bridgehead atoms. The van der Waals surface area contributed by atoms with Crippen molar-refractivity contribution in [1.82, 2.24) is 0 Å². The molecule has 1 amide bonds. The minimum Gasteiger partial charge on any atom is -0.478 e. The fourth-order valence-electron chi connectivity index (χ4n) is 1.56. The number of aromatic carboxylic acids is 1. The zero-order valence-corrected chi connectivity index (χ0v) is 12.0. The van der Waals surface area contributed by atoms with Gasteiger partial charge in [0.2, 0.25) is 5.91 Å². The van der Waals surface area contributed by atoms with E-state index in [0.717, 1.165) is 6.92 Å². The maximum Gasteiger partial charge on any atom is 0.417 e. The maximum absolute atomic E-state index is 12.8. The molecule has 0 unspecified atom stereocenters. The number of halogens is 4. The van der Waals surface area contributed by atoms with Crippen LogP contribution in [0.1, 0.15) is 28.4 Å². The van der Waals surface area contributed by atoms with E-state index in [2.05, 4.69) is 5.32 Å². The minimum atomic E-state index is -4.62. The van der Waals surface area contributed by atoms with Crippen molar-refractivity contribution in [2.45, 2.75) is 20.0 Å². The fraction of sp³-hybridized carbons (Fsp3) is 0.273. The lowest BCUT2D eigenvalue weighted by molar-refractivity contribution is -0.138. The monoisotopic (exact) mass is 387 g/mol. The van der Waals surface area contributed by atoms with Gasteiger partial charge in [0.15, 0.2) is 0 Å². The Labute approximate surface area is 120 Å². The zero-order chi connectivity index (χ0) is 15.0. The van der Waals surface area contributed by atoms with Crippen molar-refractivity contribution in [3.8, 4) is 0 Å². The Balaban J connectivity index is 3.63. The van der Waals surface area contributed by atoms with Crippen LogP contribution in [0.2, 0.25) is 0 Å². The maximum atomic E-state index is 12.8. The molecule has 19 heavy (non-hydrogen) atoms. The first kappa shape index (κ1) is 15.7. The molecule has 0 aromatic heterocycles. The minimum absolute atomic E-state index is 0.0355. The molecule has 0 spiro atoms. The molecule has 0 saturated heterocycles. The molecule has 0 aliphatic rings. The first-order valence-corrected chi connectivity index (χ1v) is 6.04. The molecule has 0 radical (unpaired) electrons. The third-order valence-corrected chi connectivity index (χ3v) is 3.72. The summed E-state index contributed by atoms with van der Waals surface area (Å²) in [5, 5.41) is 11.2. The van der Waals surface area contributed by atoms with Gasteiger partial charge in [-0.05, 0) is 41.1 Å². The van der Waals surface area contributed by atoms with Crippen LogP contribution in [0.3, 0.4) is 0 Å². The van der Waals surface area contributed by atoms with Gasteiger partial charge in [0, 0.05) is 10.5 Å². The van der Waals surface area contributed by atoms with E-state index >= 15 is 0 Å². The van der Waals surface area contributed by atoms with Crippen LogP contribution in [0.25, 0.3) is 0 Å². The van der Waals surface area contributed by atoms with E-state index in [9.17, 15) is 22.8 Å². The highest BCUT2D eigenvalue weighted by Gasteiger charge is 2.35. The van der Waals surface area contributed by atoms with Gasteiger partial charge in [-0.15, -0.1) is 0 Å². The van der Waals surface area contributed by atoms with Crippen molar-refractivity contribution in [3.05, 3.63) is 26.3 Å². The SMILES string of the molecule is CC(=O)Nc1cc(C(F)(F)F)c(I)c(C)c1C(=O)O. The second-order valence-electron chi connectivity index (χ2n) is 3.77. The molecule has 0 aliphatic heterocycles. The summed E-state index contributed by atoms with van der Waals surface area (Å²) in [5.74, 6) is -2.04. The van der Waals surface area contributed by atoms with Crippen LogP contribution in [0.15, 0.2) is 6.07 Å². The van der Waals surface area contributed by atoms with Crippen LogP contribution >= 0.6 is 22.6 Å². The van der Waals surface area contributed by atoms with Gasteiger partial charge in [-0.2, -0.15) is 13.2 Å². The molecule has 1 aromatic carbocycles. The molecule has 0 atom stereocenters. The smallest absolute Gasteiger partial charge is 0.417 e. The number of carboxylic acid groups (broad SMARTS) is 1. The first-order chi connectivity index (χ1) is 8.55. The summed E-state index contributed by atoms with van der Waals surface area (Å²) in [7, 11) is 0. The summed E-state index contributed by atoms with van der Waals surface area (Å²) in [6.45, 7) is 2.36. The second kappa shape index (κ2) is 5.35. The molecular formula is C11H9F3INO3. The standard InChI is InChI=1S/C11H9F3INO3/c1-4-8(10(18)19)7(16-5(2)17)3-6(9(4)15)11(12,13)14/h3H,1-2H3,(H,16,17)(H,18,19). The Bertz CT molecular complexity index is 555. The van der Waals surface area contributed by atoms with Gasteiger partial charge in [0.25, 0.3) is 0 Å². The Morgan fingerprint density at radius 3 is 2.26 bits per heavy atom. The van der Waals surface area contributed by atoms with E-state index in [1.165, 1.54) is 29.5 Å². The van der Waals surface area contributed by atoms with Crippen molar-refractivity contribution in [3.63, 3.8) is 0 Å². The average Bonchev–Trinajstić information content (AvgIpc) is 2.20. The predicted octanol–water partition coefficient (Wildman–Crippen LogP) is 3.28. The van der Waals surface area contributed by atoms with Gasteiger partial charge in [0.05, 0.1) is 16.8 Å². The van der Waals surface area contributed by atoms with E-state index < -0.39 is 23.6 Å². The van der Waals surface area contributed by atoms with Gasteiger partial charge in [-0.25, -0.2) is 4.79 Å². The first-order valence-electron chi connectivity index (χ1n) is 4.97. The summed E-state index contributed by atoms with van der Waals surface area (Å²) in [4.78, 5) is 22.1. The van der Waals surface area contributed by atoms with Crippen LogP contribution in [0, 0.1) is 10.5 Å². The molecule has 2 N–H and O–H groups in total. The van der Waals surface area contributed by atoms with Gasteiger partial charge in [-0.1, -0.05) is 0 Å². The highest BCUT2D eigenvalue weighted by molar-refractivity contribution is 14.1. The molecule has 0 heterocycles. The number of carboxylic acids is 1. The number of anilines is 1. The highest BCUT2D eigenvalue weighted by Crippen LogP contribution is 2.38. The molecular weight excluding hydrogens is 378 g/mol. The van der Waals surface area contributed by atoms with Crippen LogP contribution in [-0.4, -0.2) is 17.0 Å². The van der Waals surface area contributed by atoms with Crippen molar-refractivity contribution in [2.24, 2.45) is 0 Å². The van der Waals surface area contributed by atoms with E-state index in [0.29, 0.717) is 6.07 Å². The van der Waals surface area contributed by atoms with Crippen LogP contribution in [0.5, 0.6) is 0 Å². The Morgan fingerprint density at radius 1 is 1.37 bits per heavy atom. The summed E-state index contributed by atoms with van der Waals surface area (Å²) >= 11 is 1.44. The Hall–Kier alpha value is -1.32. The van der Waals surface area contributed by atoms with Crippen molar-refractivity contribution in [2.75, 3.05) is 5.32 Å². The van der Waals surface area contributed by atoms with Crippen LogP contribution in [0.4, 0.5) is 18.9 Å². The van der Waals surface area contributed by atoms with Crippen LogP contribution < -0.4 is 5.32 Å². The molecule has 0 saturated carbocycles. The quantitative estimate of drug-likeness (QED) is 0.766. The molecule has 1 rings (SSSR count). The number of nitrogens with one attached hydrogen (secondary N) is 1. The van der Waals surface area contributed by atoms with E-state index in [4.69, 9.17) is 5.11 Å². The number of carbonyl (C=O) groups excluding carboxylic acids is 1. The predicted molar refractivity (Wildman–Crippen MR) is 70.2 cm³/mol. The summed E-state index contributed by atoms with van der Waals surface area (Å²) in [5.41, 5.74) is -1.70. The van der Waals surface area contributed by atoms with Crippen molar-refractivity contribution < 1.29 is 27.9 Å². The molecule has 1 aromatic rings. The Kier molecular flexibility index (Phi) is 4.43. The number of hydrogen-bond acceptors (Lipinski definition) is 2. The number of benzene rings is 1. The highest BCUT2D eigenvalue weighted by atomic mass is 127. The molecule has 104 valence electrons. The van der Waals surface area contributed by atoms with E-state index in [-0.39, 0.29) is 20.4 Å². The third kappa shape index (κ3) is 3.37. The van der Waals surface area contributed by atoms with Crippen molar-refractivity contribution in [1.29, 1.82) is 0 Å². The molecule has 4 nitrogen and oxygen atoms in total.